The number of aliphatic carboxylic acids is 1. The molecule has 2 amide bonds. The Labute approximate surface area is 114 Å². The molecule has 19 heavy (non-hydrogen) atoms. The number of likely N-dealkylation sites (tertiary alicyclic amines) is 1. The summed E-state index contributed by atoms with van der Waals surface area (Å²) in [7, 11) is 0. The molecule has 0 radical (unpaired) electrons. The minimum Gasteiger partial charge on any atom is -0.481 e. The summed E-state index contributed by atoms with van der Waals surface area (Å²) in [5.74, 6) is -1.06. The van der Waals surface area contributed by atoms with Crippen LogP contribution in [0.2, 0.25) is 0 Å². The second kappa shape index (κ2) is 8.74. The number of carbonyl (C=O) groups excluding carboxylic acids is 1. The maximum Gasteiger partial charge on any atom is 0.317 e. The van der Waals surface area contributed by atoms with Gasteiger partial charge in [0.15, 0.2) is 0 Å². The van der Waals surface area contributed by atoms with Gasteiger partial charge in [-0.25, -0.2) is 4.79 Å². The van der Waals surface area contributed by atoms with Crippen molar-refractivity contribution >= 4 is 12.0 Å². The van der Waals surface area contributed by atoms with Gasteiger partial charge in [-0.3, -0.25) is 4.79 Å². The fraction of sp³-hybridized carbons (Fsp3) is 0.846. The Kier molecular flexibility index (Phi) is 7.25. The summed E-state index contributed by atoms with van der Waals surface area (Å²) in [5.41, 5.74) is 0. The van der Waals surface area contributed by atoms with Crippen LogP contribution in [0, 0.1) is 5.92 Å². The first-order chi connectivity index (χ1) is 9.15. The summed E-state index contributed by atoms with van der Waals surface area (Å²) in [4.78, 5) is 24.2. The van der Waals surface area contributed by atoms with Gasteiger partial charge in [-0.1, -0.05) is 13.3 Å². The molecule has 0 atom stereocenters. The Morgan fingerprint density at radius 2 is 2.00 bits per heavy atom. The van der Waals surface area contributed by atoms with Gasteiger partial charge >= 0.3 is 12.0 Å². The first kappa shape index (κ1) is 15.8. The lowest BCUT2D eigenvalue weighted by Crippen LogP contribution is -2.46. The van der Waals surface area contributed by atoms with Crippen LogP contribution in [0.25, 0.3) is 0 Å². The molecule has 6 heteroatoms. The number of nitrogens with zero attached hydrogens (tertiary/aromatic N) is 1. The number of carboxylic acids is 1. The molecule has 1 fully saturated rings. The number of rotatable bonds is 7. The van der Waals surface area contributed by atoms with Gasteiger partial charge < -0.3 is 20.1 Å². The molecule has 0 aromatic carbocycles. The zero-order valence-corrected chi connectivity index (χ0v) is 11.6. The molecule has 0 saturated carbocycles. The van der Waals surface area contributed by atoms with Gasteiger partial charge in [0.25, 0.3) is 0 Å². The highest BCUT2D eigenvalue weighted by Crippen LogP contribution is 2.16. The normalized spacial score (nSPS) is 16.4. The Morgan fingerprint density at radius 1 is 1.32 bits per heavy atom. The van der Waals surface area contributed by atoms with Crippen molar-refractivity contribution in [2.45, 2.75) is 32.6 Å². The van der Waals surface area contributed by atoms with Crippen molar-refractivity contribution in [3.63, 3.8) is 0 Å². The second-order valence-electron chi connectivity index (χ2n) is 4.80. The van der Waals surface area contributed by atoms with Crippen LogP contribution in [0.1, 0.15) is 32.6 Å². The third-order valence-electron chi connectivity index (χ3n) is 3.30. The van der Waals surface area contributed by atoms with Gasteiger partial charge in [0.05, 0.1) is 12.5 Å². The molecule has 1 saturated heterocycles. The summed E-state index contributed by atoms with van der Waals surface area (Å²) in [5, 5.41) is 11.7. The Hall–Kier alpha value is -1.30. The SMILES string of the molecule is CCCCOCCNC(=O)N1CCC(C(=O)O)CC1. The lowest BCUT2D eigenvalue weighted by molar-refractivity contribution is -0.143. The molecule has 1 heterocycles. The molecule has 1 aliphatic rings. The van der Waals surface area contributed by atoms with Crippen LogP contribution in [-0.4, -0.2) is 54.9 Å². The van der Waals surface area contributed by atoms with Crippen molar-refractivity contribution in [3.05, 3.63) is 0 Å². The van der Waals surface area contributed by atoms with Gasteiger partial charge in [0.2, 0.25) is 0 Å². The fourth-order valence-electron chi connectivity index (χ4n) is 2.02. The van der Waals surface area contributed by atoms with Crippen LogP contribution >= 0.6 is 0 Å². The molecular formula is C13H24N2O4. The highest BCUT2D eigenvalue weighted by atomic mass is 16.5. The lowest BCUT2D eigenvalue weighted by atomic mass is 9.97. The van der Waals surface area contributed by atoms with E-state index in [9.17, 15) is 9.59 Å². The quantitative estimate of drug-likeness (QED) is 0.685. The summed E-state index contributed by atoms with van der Waals surface area (Å²) in [6.45, 7) is 4.89. The smallest absolute Gasteiger partial charge is 0.317 e. The van der Waals surface area contributed by atoms with Gasteiger partial charge in [0.1, 0.15) is 0 Å². The Balaban J connectivity index is 2.09. The molecular weight excluding hydrogens is 248 g/mol. The number of ether oxygens (including phenoxy) is 1. The number of hydrogen-bond donors (Lipinski definition) is 2. The predicted molar refractivity (Wildman–Crippen MR) is 71.1 cm³/mol. The van der Waals surface area contributed by atoms with E-state index in [1.54, 1.807) is 4.90 Å². The van der Waals surface area contributed by atoms with Crippen molar-refractivity contribution in [1.29, 1.82) is 0 Å². The summed E-state index contributed by atoms with van der Waals surface area (Å²) in [6.07, 6.45) is 3.22. The molecule has 0 aromatic heterocycles. The van der Waals surface area contributed by atoms with E-state index in [0.717, 1.165) is 19.4 Å². The molecule has 1 rings (SSSR count). The topological polar surface area (TPSA) is 78.9 Å². The molecule has 0 spiro atoms. The zero-order valence-electron chi connectivity index (χ0n) is 11.6. The van der Waals surface area contributed by atoms with Crippen molar-refractivity contribution in [2.24, 2.45) is 5.92 Å². The highest BCUT2D eigenvalue weighted by molar-refractivity contribution is 5.75. The minimum atomic E-state index is -0.760. The number of nitrogens with one attached hydrogen (secondary N) is 1. The van der Waals surface area contributed by atoms with Gasteiger partial charge in [-0.2, -0.15) is 0 Å². The number of piperidine rings is 1. The maximum absolute atomic E-state index is 11.8. The van der Waals surface area contributed by atoms with Gasteiger partial charge in [-0.15, -0.1) is 0 Å². The summed E-state index contributed by atoms with van der Waals surface area (Å²) in [6, 6.07) is -0.122. The molecule has 2 N–H and O–H groups in total. The Morgan fingerprint density at radius 3 is 2.58 bits per heavy atom. The predicted octanol–water partition coefficient (Wildman–Crippen LogP) is 1.31. The summed E-state index contributed by atoms with van der Waals surface area (Å²) < 4.78 is 5.35. The third-order valence-corrected chi connectivity index (χ3v) is 3.30. The number of carbonyl (C=O) groups is 2. The lowest BCUT2D eigenvalue weighted by Gasteiger charge is -2.30. The van der Waals surface area contributed by atoms with E-state index < -0.39 is 5.97 Å². The van der Waals surface area contributed by atoms with Gasteiger partial charge in [-0.05, 0) is 19.3 Å². The van der Waals surface area contributed by atoms with E-state index in [1.807, 2.05) is 0 Å². The van der Waals surface area contributed by atoms with E-state index >= 15 is 0 Å². The first-order valence-corrected chi connectivity index (χ1v) is 6.98. The molecule has 0 bridgehead atoms. The second-order valence-corrected chi connectivity index (χ2v) is 4.80. The highest BCUT2D eigenvalue weighted by Gasteiger charge is 2.26. The molecule has 1 aliphatic heterocycles. The number of hydrogen-bond acceptors (Lipinski definition) is 3. The molecule has 6 nitrogen and oxygen atoms in total. The number of carboxylic acid groups (broad SMARTS) is 1. The third kappa shape index (κ3) is 5.92. The van der Waals surface area contributed by atoms with Crippen LogP contribution in [0.4, 0.5) is 4.79 Å². The van der Waals surface area contributed by atoms with Crippen molar-refractivity contribution in [3.8, 4) is 0 Å². The average Bonchev–Trinajstić information content (AvgIpc) is 2.42. The van der Waals surface area contributed by atoms with Crippen LogP contribution in [0.15, 0.2) is 0 Å². The van der Waals surface area contributed by atoms with E-state index in [-0.39, 0.29) is 11.9 Å². The van der Waals surface area contributed by atoms with Crippen LogP contribution < -0.4 is 5.32 Å². The van der Waals surface area contributed by atoms with Crippen LogP contribution in [-0.2, 0) is 9.53 Å². The molecule has 0 aliphatic carbocycles. The van der Waals surface area contributed by atoms with Crippen molar-refractivity contribution in [1.82, 2.24) is 10.2 Å². The molecule has 0 aromatic rings. The standard InChI is InChI=1S/C13H24N2O4/c1-2-3-9-19-10-6-14-13(18)15-7-4-11(5-8-15)12(16)17/h11H,2-10H2,1H3,(H,14,18)(H,16,17). The minimum absolute atomic E-state index is 0.122. The first-order valence-electron chi connectivity index (χ1n) is 6.98. The number of unbranched alkanes of at least 4 members (excludes halogenated alkanes) is 1. The van der Waals surface area contributed by atoms with E-state index in [0.29, 0.717) is 39.1 Å². The van der Waals surface area contributed by atoms with Crippen LogP contribution in [0.3, 0.4) is 0 Å². The van der Waals surface area contributed by atoms with E-state index in [2.05, 4.69) is 12.2 Å². The van der Waals surface area contributed by atoms with E-state index in [4.69, 9.17) is 9.84 Å². The number of amides is 2. The number of urea groups is 1. The summed E-state index contributed by atoms with van der Waals surface area (Å²) >= 11 is 0. The largest absolute Gasteiger partial charge is 0.481 e. The maximum atomic E-state index is 11.8. The Bertz CT molecular complexity index is 288. The zero-order chi connectivity index (χ0) is 14.1. The average molecular weight is 272 g/mol. The van der Waals surface area contributed by atoms with E-state index in [1.165, 1.54) is 0 Å². The van der Waals surface area contributed by atoms with Crippen molar-refractivity contribution in [2.75, 3.05) is 32.8 Å². The fourth-order valence-corrected chi connectivity index (χ4v) is 2.02. The van der Waals surface area contributed by atoms with Crippen LogP contribution in [0.5, 0.6) is 0 Å². The monoisotopic (exact) mass is 272 g/mol. The van der Waals surface area contributed by atoms with Crippen molar-refractivity contribution < 1.29 is 19.4 Å². The molecule has 0 unspecified atom stereocenters. The van der Waals surface area contributed by atoms with Gasteiger partial charge in [0, 0.05) is 26.2 Å². The molecule has 110 valence electrons.